The van der Waals surface area contributed by atoms with Gasteiger partial charge in [0.1, 0.15) is 4.90 Å². The third-order valence-electron chi connectivity index (χ3n) is 6.27. The standard InChI is InChI=1S/C27H25NO8S2/c1-17-12-18-4-9-24(33-2)27(36-38(31,32)21-7-5-20(6-8-21)37(3,29)30)23(18)15-28-11-10-19-13-25-26(14-22(17)19)35-16-34-25/h4-9,12-15H,10-11,16H2,1-3H3. The predicted molar refractivity (Wildman–Crippen MR) is 143 cm³/mol. The molecule has 0 N–H and O–H groups in total. The van der Waals surface area contributed by atoms with Crippen LogP contribution in [0.25, 0.3) is 11.6 Å². The van der Waals surface area contributed by atoms with Crippen molar-refractivity contribution >= 4 is 37.8 Å². The Morgan fingerprint density at radius 2 is 1.61 bits per heavy atom. The molecule has 5 rings (SSSR count). The van der Waals surface area contributed by atoms with Crippen molar-refractivity contribution in [1.29, 1.82) is 0 Å². The Labute approximate surface area is 221 Å². The van der Waals surface area contributed by atoms with E-state index < -0.39 is 20.0 Å². The smallest absolute Gasteiger partial charge is 0.339 e. The average Bonchev–Trinajstić information content (AvgIpc) is 3.34. The molecule has 11 heteroatoms. The quantitative estimate of drug-likeness (QED) is 0.432. The lowest BCUT2D eigenvalue weighted by molar-refractivity contribution is 0.174. The van der Waals surface area contributed by atoms with E-state index in [1.54, 1.807) is 18.3 Å². The minimum atomic E-state index is -4.34. The Hall–Kier alpha value is -3.83. The lowest BCUT2D eigenvalue weighted by Crippen LogP contribution is -2.13. The molecule has 0 saturated carbocycles. The molecule has 0 bridgehead atoms. The van der Waals surface area contributed by atoms with Crippen molar-refractivity contribution in [1.82, 2.24) is 0 Å². The minimum absolute atomic E-state index is 0.00167. The number of ether oxygens (including phenoxy) is 3. The van der Waals surface area contributed by atoms with Gasteiger partial charge in [0.15, 0.2) is 32.8 Å². The molecule has 0 aromatic heterocycles. The topological polar surface area (TPSA) is 118 Å². The van der Waals surface area contributed by atoms with Gasteiger partial charge in [0.05, 0.1) is 12.0 Å². The molecule has 0 spiro atoms. The number of allylic oxidation sites excluding steroid dienone is 1. The molecule has 0 radical (unpaired) electrons. The van der Waals surface area contributed by atoms with Crippen LogP contribution >= 0.6 is 0 Å². The van der Waals surface area contributed by atoms with Crippen LogP contribution in [0.15, 0.2) is 63.3 Å². The summed E-state index contributed by atoms with van der Waals surface area (Å²) in [6.45, 7) is 2.58. The summed E-state index contributed by atoms with van der Waals surface area (Å²) >= 11 is 0. The molecule has 2 heterocycles. The molecule has 0 amide bonds. The van der Waals surface area contributed by atoms with E-state index in [1.807, 2.05) is 25.1 Å². The first-order chi connectivity index (χ1) is 18.1. The molecule has 0 unspecified atom stereocenters. The van der Waals surface area contributed by atoms with Gasteiger partial charge in [-0.3, -0.25) is 4.99 Å². The number of sulfone groups is 1. The zero-order chi connectivity index (χ0) is 27.1. The summed E-state index contributed by atoms with van der Waals surface area (Å²) in [7, 11) is -6.40. The number of nitrogens with zero attached hydrogens (tertiary/aromatic N) is 1. The molecule has 198 valence electrons. The Balaban J connectivity index is 1.59. The van der Waals surface area contributed by atoms with Crippen LogP contribution in [-0.2, 0) is 26.4 Å². The van der Waals surface area contributed by atoms with Gasteiger partial charge in [-0.1, -0.05) is 12.1 Å². The first-order valence-electron chi connectivity index (χ1n) is 11.6. The summed E-state index contributed by atoms with van der Waals surface area (Å²) in [5.41, 5.74) is 4.09. The molecule has 9 nitrogen and oxygen atoms in total. The monoisotopic (exact) mass is 555 g/mol. The lowest BCUT2D eigenvalue weighted by atomic mass is 9.94. The van der Waals surface area contributed by atoms with Gasteiger partial charge < -0.3 is 18.4 Å². The van der Waals surface area contributed by atoms with Crippen LogP contribution in [-0.4, -0.2) is 49.8 Å². The molecule has 2 aliphatic rings. The van der Waals surface area contributed by atoms with E-state index in [4.69, 9.17) is 18.4 Å². The summed E-state index contributed by atoms with van der Waals surface area (Å²) in [4.78, 5) is 4.35. The Kier molecular flexibility index (Phi) is 6.66. The summed E-state index contributed by atoms with van der Waals surface area (Å²) in [5.74, 6) is 1.56. The number of fused-ring (bicyclic) bond motifs is 3. The van der Waals surface area contributed by atoms with Crippen LogP contribution in [0.4, 0.5) is 0 Å². The second kappa shape index (κ2) is 9.80. The first-order valence-corrected chi connectivity index (χ1v) is 14.9. The normalized spacial score (nSPS) is 14.8. The molecule has 0 aliphatic carbocycles. The SMILES string of the molecule is COc1ccc2c(c1OS(=O)(=O)c1ccc(S(C)(=O)=O)cc1)C=NCCc1cc3c(cc1C(C)=C2)OCO3. The van der Waals surface area contributed by atoms with E-state index in [2.05, 4.69) is 4.99 Å². The highest BCUT2D eigenvalue weighted by Gasteiger charge is 2.25. The molecular weight excluding hydrogens is 530 g/mol. The van der Waals surface area contributed by atoms with Gasteiger partial charge >= 0.3 is 10.1 Å². The van der Waals surface area contributed by atoms with E-state index in [-0.39, 0.29) is 28.1 Å². The molecule has 3 aromatic carbocycles. The van der Waals surface area contributed by atoms with Crippen molar-refractivity contribution in [2.75, 3.05) is 26.7 Å². The van der Waals surface area contributed by atoms with Gasteiger partial charge in [-0.15, -0.1) is 0 Å². The zero-order valence-corrected chi connectivity index (χ0v) is 22.6. The van der Waals surface area contributed by atoms with Gasteiger partial charge in [-0.25, -0.2) is 8.42 Å². The zero-order valence-electron chi connectivity index (χ0n) is 20.9. The van der Waals surface area contributed by atoms with Crippen molar-refractivity contribution < 1.29 is 35.2 Å². The molecule has 0 atom stereocenters. The number of rotatable bonds is 5. The van der Waals surface area contributed by atoms with Crippen molar-refractivity contribution in [3.8, 4) is 23.0 Å². The van der Waals surface area contributed by atoms with E-state index in [9.17, 15) is 16.8 Å². The first kappa shape index (κ1) is 25.8. The van der Waals surface area contributed by atoms with E-state index >= 15 is 0 Å². The second-order valence-electron chi connectivity index (χ2n) is 8.86. The Morgan fingerprint density at radius 1 is 0.921 bits per heavy atom. The third-order valence-corrected chi connectivity index (χ3v) is 8.64. The van der Waals surface area contributed by atoms with E-state index in [0.29, 0.717) is 35.6 Å². The van der Waals surface area contributed by atoms with Crippen LogP contribution < -0.4 is 18.4 Å². The minimum Gasteiger partial charge on any atom is -0.493 e. The highest BCUT2D eigenvalue weighted by molar-refractivity contribution is 7.90. The number of methoxy groups -OCH3 is 1. The third kappa shape index (κ3) is 4.99. The maximum absolute atomic E-state index is 13.2. The fraction of sp³-hybridized carbons (Fsp3) is 0.222. The maximum atomic E-state index is 13.2. The van der Waals surface area contributed by atoms with E-state index in [1.165, 1.54) is 31.4 Å². The van der Waals surface area contributed by atoms with E-state index in [0.717, 1.165) is 23.0 Å². The fourth-order valence-corrected chi connectivity index (χ4v) is 5.91. The van der Waals surface area contributed by atoms with Crippen LogP contribution in [0.2, 0.25) is 0 Å². The van der Waals surface area contributed by atoms with Crippen LogP contribution in [0, 0.1) is 0 Å². The molecule has 3 aromatic rings. The number of aliphatic imine (C=N–C) groups is 1. The molecule has 38 heavy (non-hydrogen) atoms. The Bertz CT molecular complexity index is 1690. The molecule has 0 saturated heterocycles. The van der Waals surface area contributed by atoms with Crippen molar-refractivity contribution in [2.24, 2.45) is 4.99 Å². The average molecular weight is 556 g/mol. The van der Waals surface area contributed by atoms with Gasteiger partial charge in [-0.2, -0.15) is 8.42 Å². The van der Waals surface area contributed by atoms with Crippen LogP contribution in [0.3, 0.4) is 0 Å². The number of hydrogen-bond acceptors (Lipinski definition) is 9. The summed E-state index contributed by atoms with van der Waals surface area (Å²) in [6, 6.07) is 12.2. The lowest BCUT2D eigenvalue weighted by Gasteiger charge is -2.17. The van der Waals surface area contributed by atoms with Gasteiger partial charge in [0.25, 0.3) is 0 Å². The second-order valence-corrected chi connectivity index (χ2v) is 12.4. The van der Waals surface area contributed by atoms with Crippen molar-refractivity contribution in [2.45, 2.75) is 23.1 Å². The van der Waals surface area contributed by atoms with Crippen molar-refractivity contribution in [3.63, 3.8) is 0 Å². The van der Waals surface area contributed by atoms with Crippen LogP contribution in [0.1, 0.15) is 29.2 Å². The Morgan fingerprint density at radius 3 is 2.29 bits per heavy atom. The highest BCUT2D eigenvalue weighted by atomic mass is 32.2. The summed E-state index contributed by atoms with van der Waals surface area (Å²) in [6.07, 6.45) is 5.19. The van der Waals surface area contributed by atoms with Gasteiger partial charge in [0.2, 0.25) is 6.79 Å². The molecule has 2 aliphatic heterocycles. The highest BCUT2D eigenvalue weighted by Crippen LogP contribution is 2.40. The van der Waals surface area contributed by atoms with Crippen molar-refractivity contribution in [3.05, 3.63) is 70.8 Å². The van der Waals surface area contributed by atoms with Crippen LogP contribution in [0.5, 0.6) is 23.0 Å². The van der Waals surface area contributed by atoms with Gasteiger partial charge in [-0.05, 0) is 78.1 Å². The summed E-state index contributed by atoms with van der Waals surface area (Å²) < 4.78 is 72.1. The largest absolute Gasteiger partial charge is 0.493 e. The summed E-state index contributed by atoms with van der Waals surface area (Å²) in [5, 5.41) is 0. The number of hydrogen-bond donors (Lipinski definition) is 0. The fourth-order valence-electron chi connectivity index (χ4n) is 4.32. The van der Waals surface area contributed by atoms with Gasteiger partial charge in [0, 0.05) is 24.6 Å². The predicted octanol–water partition coefficient (Wildman–Crippen LogP) is 4.13. The number of benzene rings is 3. The molecular formula is C27H25NO8S2. The maximum Gasteiger partial charge on any atom is 0.339 e. The molecule has 0 fully saturated rings.